The Kier molecular flexibility index (Phi) is 7.77. The van der Waals surface area contributed by atoms with Crippen molar-refractivity contribution >= 4 is 11.8 Å². The molecule has 0 spiro atoms. The Morgan fingerprint density at radius 2 is 1.21 bits per heavy atom. The van der Waals surface area contributed by atoms with Gasteiger partial charge in [0.05, 0.1) is 13.2 Å². The van der Waals surface area contributed by atoms with Crippen molar-refractivity contribution in [3.05, 3.63) is 0 Å². The summed E-state index contributed by atoms with van der Waals surface area (Å²) in [5, 5.41) is 31.2. The van der Waals surface area contributed by atoms with Crippen molar-refractivity contribution < 1.29 is 19.7 Å². The maximum Gasteiger partial charge on any atom is 0.269 e. The van der Waals surface area contributed by atoms with E-state index in [0.717, 1.165) is 0 Å². The van der Waals surface area contributed by atoms with Crippen LogP contribution in [-0.2, 0) is 9.47 Å². The van der Waals surface area contributed by atoms with Gasteiger partial charge in [-0.1, -0.05) is 0 Å². The molecule has 0 saturated carbocycles. The highest BCUT2D eigenvalue weighted by molar-refractivity contribution is 6.32. The van der Waals surface area contributed by atoms with Crippen molar-refractivity contribution in [3.8, 4) is 0 Å². The monoisotopic (exact) mass is 204 g/mol. The molecule has 0 aromatic carbocycles. The van der Waals surface area contributed by atoms with Gasteiger partial charge in [0.1, 0.15) is 0 Å². The van der Waals surface area contributed by atoms with E-state index in [1.165, 1.54) is 0 Å². The van der Waals surface area contributed by atoms with E-state index in [4.69, 9.17) is 30.5 Å². The molecule has 14 heavy (non-hydrogen) atoms. The van der Waals surface area contributed by atoms with Crippen molar-refractivity contribution in [2.24, 2.45) is 0 Å². The topological polar surface area (TPSA) is 107 Å². The largest absolute Gasteiger partial charge is 0.474 e. The molecule has 0 fully saturated rings. The lowest BCUT2D eigenvalue weighted by Crippen LogP contribution is -2.20. The van der Waals surface area contributed by atoms with Crippen molar-refractivity contribution in [3.63, 3.8) is 0 Å². The van der Waals surface area contributed by atoms with Gasteiger partial charge in [0, 0.05) is 26.1 Å². The van der Waals surface area contributed by atoms with E-state index < -0.39 is 0 Å². The zero-order valence-corrected chi connectivity index (χ0v) is 7.95. The fraction of sp³-hybridized carbons (Fsp3) is 0.750. The molecule has 0 amide bonds. The van der Waals surface area contributed by atoms with Crippen LogP contribution in [0.15, 0.2) is 0 Å². The first-order chi connectivity index (χ1) is 6.72. The van der Waals surface area contributed by atoms with Crippen LogP contribution >= 0.6 is 0 Å². The Balaban J connectivity index is 3.50. The quantitative estimate of drug-likeness (QED) is 0.271. The van der Waals surface area contributed by atoms with Crippen LogP contribution in [0.25, 0.3) is 0 Å². The number of hydrogen-bond acceptors (Lipinski definition) is 6. The number of nitrogens with one attached hydrogen (secondary N) is 2. The average molecular weight is 204 g/mol. The molecule has 4 N–H and O–H groups in total. The van der Waals surface area contributed by atoms with Gasteiger partial charge in [0.2, 0.25) is 0 Å². The summed E-state index contributed by atoms with van der Waals surface area (Å²) in [5.41, 5.74) is 0. The summed E-state index contributed by atoms with van der Waals surface area (Å²) >= 11 is 0. The maximum absolute atomic E-state index is 8.43. The van der Waals surface area contributed by atoms with Gasteiger partial charge in [0.15, 0.2) is 0 Å². The Bertz CT molecular complexity index is 164. The molecule has 0 rings (SSSR count). The van der Waals surface area contributed by atoms with Crippen LogP contribution in [0.2, 0.25) is 0 Å². The van der Waals surface area contributed by atoms with Crippen molar-refractivity contribution in [1.29, 1.82) is 10.8 Å². The minimum atomic E-state index is -0.351. The van der Waals surface area contributed by atoms with Crippen LogP contribution in [0, 0.1) is 10.8 Å². The second-order valence-corrected chi connectivity index (χ2v) is 2.51. The summed E-state index contributed by atoms with van der Waals surface area (Å²) in [6, 6.07) is 0. The van der Waals surface area contributed by atoms with E-state index >= 15 is 0 Å². The molecule has 0 aromatic rings. The lowest BCUT2D eigenvalue weighted by atomic mass is 10.5. The maximum atomic E-state index is 8.43. The normalized spacial score (nSPS) is 9.57. The van der Waals surface area contributed by atoms with Crippen LogP contribution in [0.3, 0.4) is 0 Å². The molecule has 0 aliphatic heterocycles. The minimum Gasteiger partial charge on any atom is -0.474 e. The van der Waals surface area contributed by atoms with Gasteiger partial charge < -0.3 is 19.7 Å². The van der Waals surface area contributed by atoms with Crippen molar-refractivity contribution in [2.45, 2.75) is 12.8 Å². The molecule has 0 unspecified atom stereocenters. The molecule has 0 saturated heterocycles. The van der Waals surface area contributed by atoms with Gasteiger partial charge in [-0.3, -0.25) is 10.8 Å². The molecule has 6 heteroatoms. The standard InChI is InChI=1S/C8H16N2O4/c9-7(13-5-1-3-11)8(10)14-6-2-4-12/h9-12H,1-6H2. The smallest absolute Gasteiger partial charge is 0.269 e. The molecule has 0 atom stereocenters. The molecule has 82 valence electrons. The first-order valence-corrected chi connectivity index (χ1v) is 4.37. The van der Waals surface area contributed by atoms with Crippen LogP contribution in [0.1, 0.15) is 12.8 Å². The number of hydrogen-bond donors (Lipinski definition) is 4. The summed E-state index contributed by atoms with van der Waals surface area (Å²) in [6.45, 7) is 0.375. The third-order valence-corrected chi connectivity index (χ3v) is 1.30. The van der Waals surface area contributed by atoms with Gasteiger partial charge in [-0.05, 0) is 0 Å². The number of ether oxygens (including phenoxy) is 2. The highest BCUT2D eigenvalue weighted by Gasteiger charge is 2.07. The molecular weight excluding hydrogens is 188 g/mol. The van der Waals surface area contributed by atoms with E-state index in [9.17, 15) is 0 Å². The van der Waals surface area contributed by atoms with Crippen LogP contribution in [-0.4, -0.2) is 48.4 Å². The Morgan fingerprint density at radius 1 is 0.857 bits per heavy atom. The van der Waals surface area contributed by atoms with Crippen LogP contribution in [0.4, 0.5) is 0 Å². The second kappa shape index (κ2) is 8.46. The number of rotatable bonds is 6. The molecule has 0 aromatic heterocycles. The van der Waals surface area contributed by atoms with Crippen LogP contribution < -0.4 is 0 Å². The highest BCUT2D eigenvalue weighted by Crippen LogP contribution is 1.90. The second-order valence-electron chi connectivity index (χ2n) is 2.51. The summed E-state index contributed by atoms with van der Waals surface area (Å²) < 4.78 is 9.57. The van der Waals surface area contributed by atoms with Gasteiger partial charge >= 0.3 is 0 Å². The SMILES string of the molecule is N=C(OCCCO)C(=N)OCCCO. The third-order valence-electron chi connectivity index (χ3n) is 1.30. The number of aliphatic hydroxyl groups excluding tert-OH is 2. The summed E-state index contributed by atoms with van der Waals surface area (Å²) in [6.07, 6.45) is 0.846. The van der Waals surface area contributed by atoms with Crippen molar-refractivity contribution in [1.82, 2.24) is 0 Å². The highest BCUT2D eigenvalue weighted by atomic mass is 16.5. The lowest BCUT2D eigenvalue weighted by Gasteiger charge is -2.08. The van der Waals surface area contributed by atoms with E-state index in [1.807, 2.05) is 0 Å². The first-order valence-electron chi connectivity index (χ1n) is 4.37. The lowest BCUT2D eigenvalue weighted by molar-refractivity contribution is 0.211. The van der Waals surface area contributed by atoms with Gasteiger partial charge in [-0.25, -0.2) is 0 Å². The predicted molar refractivity (Wildman–Crippen MR) is 50.8 cm³/mol. The van der Waals surface area contributed by atoms with E-state index in [0.29, 0.717) is 12.8 Å². The molecule has 0 heterocycles. The van der Waals surface area contributed by atoms with Gasteiger partial charge in [0.25, 0.3) is 11.8 Å². The Hall–Kier alpha value is -1.14. The molecule has 0 radical (unpaired) electrons. The van der Waals surface area contributed by atoms with Gasteiger partial charge in [-0.15, -0.1) is 0 Å². The van der Waals surface area contributed by atoms with Gasteiger partial charge in [-0.2, -0.15) is 0 Å². The zero-order chi connectivity index (χ0) is 10.8. The molecular formula is C8H16N2O4. The zero-order valence-electron chi connectivity index (χ0n) is 7.95. The fourth-order valence-electron chi connectivity index (χ4n) is 0.609. The predicted octanol–water partition coefficient (Wildman–Crippen LogP) is -0.261. The fourth-order valence-corrected chi connectivity index (χ4v) is 0.609. The third kappa shape index (κ3) is 6.38. The molecule has 0 aliphatic rings. The number of aliphatic hydroxyl groups is 2. The summed E-state index contributed by atoms with van der Waals surface area (Å²) in [4.78, 5) is 0. The first kappa shape index (κ1) is 12.9. The molecule has 0 aliphatic carbocycles. The molecule has 6 nitrogen and oxygen atoms in total. The van der Waals surface area contributed by atoms with E-state index in [1.54, 1.807) is 0 Å². The summed E-state index contributed by atoms with van der Waals surface area (Å²) in [5.74, 6) is -0.701. The van der Waals surface area contributed by atoms with Crippen LogP contribution in [0.5, 0.6) is 0 Å². The average Bonchev–Trinajstić information content (AvgIpc) is 2.18. The van der Waals surface area contributed by atoms with Crippen molar-refractivity contribution in [2.75, 3.05) is 26.4 Å². The molecule has 0 bridgehead atoms. The minimum absolute atomic E-state index is 0.00795. The van der Waals surface area contributed by atoms with E-state index in [-0.39, 0.29) is 38.2 Å². The van der Waals surface area contributed by atoms with E-state index in [2.05, 4.69) is 0 Å². The summed E-state index contributed by atoms with van der Waals surface area (Å²) in [7, 11) is 0. The Morgan fingerprint density at radius 3 is 1.50 bits per heavy atom. The Labute approximate surface area is 82.5 Å².